The maximum absolute atomic E-state index is 12.9. The van der Waals surface area contributed by atoms with Gasteiger partial charge in [-0.1, -0.05) is 24.1 Å². The van der Waals surface area contributed by atoms with Crippen molar-refractivity contribution < 1.29 is 14.7 Å². The summed E-state index contributed by atoms with van der Waals surface area (Å²) in [5.41, 5.74) is 3.13. The third kappa shape index (κ3) is 2.13. The molecule has 1 amide bonds. The molecule has 1 N–H and O–H groups in total. The zero-order chi connectivity index (χ0) is 16.1. The van der Waals surface area contributed by atoms with Crippen molar-refractivity contribution in [3.63, 3.8) is 0 Å². The number of carboxylic acid groups (broad SMARTS) is 1. The molecule has 4 heteroatoms. The maximum atomic E-state index is 12.9. The molecule has 1 aromatic rings. The number of carbonyl (C=O) groups excluding carboxylic acids is 1. The molecule has 4 nitrogen and oxygen atoms in total. The minimum atomic E-state index is -0.734. The summed E-state index contributed by atoms with van der Waals surface area (Å²) in [6.07, 6.45) is 2.58. The van der Waals surface area contributed by atoms with Crippen LogP contribution in [-0.2, 0) is 4.79 Å². The summed E-state index contributed by atoms with van der Waals surface area (Å²) in [7, 11) is 0. The second kappa shape index (κ2) is 5.11. The zero-order valence-electron chi connectivity index (χ0n) is 13.5. The van der Waals surface area contributed by atoms with Crippen LogP contribution < -0.4 is 0 Å². The van der Waals surface area contributed by atoms with E-state index < -0.39 is 11.4 Å². The van der Waals surface area contributed by atoms with Crippen molar-refractivity contribution >= 4 is 11.9 Å². The van der Waals surface area contributed by atoms with Crippen LogP contribution in [0.2, 0.25) is 0 Å². The van der Waals surface area contributed by atoms with Crippen LogP contribution in [0.15, 0.2) is 12.1 Å². The van der Waals surface area contributed by atoms with Gasteiger partial charge in [-0.2, -0.15) is 0 Å². The molecule has 22 heavy (non-hydrogen) atoms. The quantitative estimate of drug-likeness (QED) is 0.913. The molecule has 1 saturated heterocycles. The van der Waals surface area contributed by atoms with Crippen molar-refractivity contribution in [2.24, 2.45) is 11.3 Å². The predicted molar refractivity (Wildman–Crippen MR) is 84.0 cm³/mol. The summed E-state index contributed by atoms with van der Waals surface area (Å²) in [5, 5.41) is 9.65. The first-order valence-electron chi connectivity index (χ1n) is 7.95. The molecule has 0 unspecified atom stereocenters. The van der Waals surface area contributed by atoms with Gasteiger partial charge in [0.1, 0.15) is 0 Å². The molecule has 2 aliphatic rings. The van der Waals surface area contributed by atoms with E-state index >= 15 is 0 Å². The molecule has 118 valence electrons. The molecule has 1 aliphatic heterocycles. The molecule has 0 spiro atoms. The number of hydrogen-bond acceptors (Lipinski definition) is 2. The number of amides is 1. The van der Waals surface area contributed by atoms with Gasteiger partial charge in [0, 0.05) is 18.7 Å². The predicted octanol–water partition coefficient (Wildman–Crippen LogP) is 2.94. The first kappa shape index (κ1) is 15.1. The molecule has 0 radical (unpaired) electrons. The van der Waals surface area contributed by atoms with Gasteiger partial charge in [-0.15, -0.1) is 0 Å². The highest BCUT2D eigenvalue weighted by Crippen LogP contribution is 2.49. The Morgan fingerprint density at radius 2 is 1.86 bits per heavy atom. The Balaban J connectivity index is 1.91. The van der Waals surface area contributed by atoms with E-state index in [4.69, 9.17) is 0 Å². The van der Waals surface area contributed by atoms with Crippen LogP contribution in [0.1, 0.15) is 46.3 Å². The number of rotatable bonds is 2. The van der Waals surface area contributed by atoms with Crippen LogP contribution >= 0.6 is 0 Å². The SMILES string of the molecule is Cc1cc(C)c(C(=O)N2C[C@@H]3CCC[C@@]3(C(=O)O)C2)c(C)c1. The van der Waals surface area contributed by atoms with Gasteiger partial charge in [0.25, 0.3) is 5.91 Å². The summed E-state index contributed by atoms with van der Waals surface area (Å²) in [4.78, 5) is 26.4. The van der Waals surface area contributed by atoms with Gasteiger partial charge >= 0.3 is 5.97 Å². The van der Waals surface area contributed by atoms with E-state index in [1.54, 1.807) is 4.90 Å². The number of nitrogens with zero attached hydrogens (tertiary/aromatic N) is 1. The topological polar surface area (TPSA) is 57.6 Å². The fourth-order valence-corrected chi connectivity index (χ4v) is 4.47. The van der Waals surface area contributed by atoms with Gasteiger partial charge in [-0.05, 0) is 50.7 Å². The number of likely N-dealkylation sites (tertiary alicyclic amines) is 1. The van der Waals surface area contributed by atoms with Gasteiger partial charge in [-0.3, -0.25) is 9.59 Å². The van der Waals surface area contributed by atoms with Crippen molar-refractivity contribution in [1.29, 1.82) is 0 Å². The lowest BCUT2D eigenvalue weighted by Gasteiger charge is -2.24. The Morgan fingerprint density at radius 3 is 2.41 bits per heavy atom. The third-order valence-electron chi connectivity index (χ3n) is 5.47. The molecule has 0 aromatic heterocycles. The van der Waals surface area contributed by atoms with E-state index in [2.05, 4.69) is 0 Å². The second-order valence-corrected chi connectivity index (χ2v) is 7.01. The molecule has 2 fully saturated rings. The minimum absolute atomic E-state index is 0.00924. The summed E-state index contributed by atoms with van der Waals surface area (Å²) >= 11 is 0. The minimum Gasteiger partial charge on any atom is -0.481 e. The second-order valence-electron chi connectivity index (χ2n) is 7.01. The van der Waals surface area contributed by atoms with Gasteiger partial charge in [0.05, 0.1) is 5.41 Å². The van der Waals surface area contributed by atoms with E-state index in [9.17, 15) is 14.7 Å². The summed E-state index contributed by atoms with van der Waals surface area (Å²) in [6.45, 7) is 6.87. The number of hydrogen-bond donors (Lipinski definition) is 1. The highest BCUT2D eigenvalue weighted by molar-refractivity contribution is 5.98. The zero-order valence-corrected chi connectivity index (χ0v) is 13.5. The average Bonchev–Trinajstić information content (AvgIpc) is 2.94. The lowest BCUT2D eigenvalue weighted by molar-refractivity contribution is -0.149. The Kier molecular flexibility index (Phi) is 3.50. The molecule has 3 rings (SSSR count). The molecule has 1 heterocycles. The lowest BCUT2D eigenvalue weighted by Crippen LogP contribution is -2.37. The standard InChI is InChI=1S/C18H23NO3/c1-11-7-12(2)15(13(3)8-11)16(20)19-9-14-5-4-6-18(14,10-19)17(21)22/h7-8,14H,4-6,9-10H2,1-3H3,(H,21,22)/t14-,18+/m0/s1. The van der Waals surface area contributed by atoms with Gasteiger partial charge in [0.2, 0.25) is 0 Å². The summed E-state index contributed by atoms with van der Waals surface area (Å²) < 4.78 is 0. The Labute approximate surface area is 131 Å². The Hall–Kier alpha value is -1.84. The average molecular weight is 301 g/mol. The largest absolute Gasteiger partial charge is 0.481 e. The van der Waals surface area contributed by atoms with Gasteiger partial charge in [0.15, 0.2) is 0 Å². The van der Waals surface area contributed by atoms with Crippen molar-refractivity contribution in [3.8, 4) is 0 Å². The monoisotopic (exact) mass is 301 g/mol. The number of benzene rings is 1. The normalized spacial score (nSPS) is 27.0. The van der Waals surface area contributed by atoms with Crippen LogP contribution in [0.4, 0.5) is 0 Å². The summed E-state index contributed by atoms with van der Waals surface area (Å²) in [6, 6.07) is 4.04. The third-order valence-corrected chi connectivity index (χ3v) is 5.47. The highest BCUT2D eigenvalue weighted by Gasteiger charge is 2.55. The van der Waals surface area contributed by atoms with E-state index in [-0.39, 0.29) is 11.8 Å². The smallest absolute Gasteiger partial charge is 0.311 e. The number of aryl methyl sites for hydroxylation is 3. The Bertz CT molecular complexity index is 629. The number of carboxylic acids is 1. The molecule has 0 bridgehead atoms. The van der Waals surface area contributed by atoms with E-state index in [1.165, 1.54) is 0 Å². The Morgan fingerprint density at radius 1 is 1.23 bits per heavy atom. The van der Waals surface area contributed by atoms with Gasteiger partial charge < -0.3 is 10.0 Å². The first-order chi connectivity index (χ1) is 10.3. The van der Waals surface area contributed by atoms with Crippen molar-refractivity contribution in [2.45, 2.75) is 40.0 Å². The van der Waals surface area contributed by atoms with Crippen molar-refractivity contribution in [2.75, 3.05) is 13.1 Å². The van der Waals surface area contributed by atoms with Crippen LogP contribution in [0.25, 0.3) is 0 Å². The maximum Gasteiger partial charge on any atom is 0.311 e. The van der Waals surface area contributed by atoms with Crippen LogP contribution in [0.5, 0.6) is 0 Å². The lowest BCUT2D eigenvalue weighted by atomic mass is 9.81. The van der Waals surface area contributed by atoms with E-state index in [0.29, 0.717) is 19.5 Å². The van der Waals surface area contributed by atoms with Crippen LogP contribution in [0, 0.1) is 32.1 Å². The molecule has 1 aliphatic carbocycles. The number of aliphatic carboxylic acids is 1. The van der Waals surface area contributed by atoms with Crippen molar-refractivity contribution in [3.05, 3.63) is 34.4 Å². The molecule has 2 atom stereocenters. The molecule has 1 aromatic carbocycles. The van der Waals surface area contributed by atoms with E-state index in [1.807, 2.05) is 32.9 Å². The summed E-state index contributed by atoms with van der Waals surface area (Å²) in [5.74, 6) is -0.632. The first-order valence-corrected chi connectivity index (χ1v) is 7.95. The number of carbonyl (C=O) groups is 2. The number of fused-ring (bicyclic) bond motifs is 1. The fraction of sp³-hybridized carbons (Fsp3) is 0.556. The molecular formula is C18H23NO3. The van der Waals surface area contributed by atoms with Crippen molar-refractivity contribution in [1.82, 2.24) is 4.90 Å². The van der Waals surface area contributed by atoms with Crippen LogP contribution in [0.3, 0.4) is 0 Å². The van der Waals surface area contributed by atoms with Crippen LogP contribution in [-0.4, -0.2) is 35.0 Å². The van der Waals surface area contributed by atoms with Gasteiger partial charge in [-0.25, -0.2) is 0 Å². The highest BCUT2D eigenvalue weighted by atomic mass is 16.4. The fourth-order valence-electron chi connectivity index (χ4n) is 4.47. The van der Waals surface area contributed by atoms with E-state index in [0.717, 1.165) is 35.1 Å². The molecule has 1 saturated carbocycles. The molecular weight excluding hydrogens is 278 g/mol.